The molecule has 4 N–H and O–H groups in total. The number of esters is 2. The Bertz CT molecular complexity index is 2230. The predicted molar refractivity (Wildman–Crippen MR) is 251 cm³/mol. The molecule has 1 aliphatic carbocycles. The monoisotopic (exact) mass is 923 g/mol. The third-order valence-corrected chi connectivity index (χ3v) is 13.2. The first-order valence-electron chi connectivity index (χ1n) is 24.2. The lowest BCUT2D eigenvalue weighted by atomic mass is 9.62. The van der Waals surface area contributed by atoms with Crippen LogP contribution in [0.5, 0.6) is 5.75 Å². The van der Waals surface area contributed by atoms with Gasteiger partial charge in [0.15, 0.2) is 11.8 Å². The number of hydrogen-bond donors (Lipinski definition) is 4. The second kappa shape index (κ2) is 21.9. The molecule has 14 heteroatoms. The number of rotatable bonds is 22. The molecule has 67 heavy (non-hydrogen) atoms. The third-order valence-electron chi connectivity index (χ3n) is 13.2. The number of nitrogens with one attached hydrogen (secondary N) is 2. The molecule has 3 aromatic carbocycles. The van der Waals surface area contributed by atoms with E-state index in [1.165, 1.54) is 0 Å². The maximum Gasteiger partial charge on any atom is 0.327 e. The summed E-state index contributed by atoms with van der Waals surface area (Å²) < 4.78 is 25.6. The van der Waals surface area contributed by atoms with E-state index >= 15 is 4.79 Å². The van der Waals surface area contributed by atoms with Crippen molar-refractivity contribution in [1.29, 1.82) is 0 Å². The maximum atomic E-state index is 15.1. The lowest BCUT2D eigenvalue weighted by molar-refractivity contribution is -0.224. The van der Waals surface area contributed by atoms with Gasteiger partial charge in [0.1, 0.15) is 41.2 Å². The van der Waals surface area contributed by atoms with Crippen molar-refractivity contribution in [1.82, 2.24) is 15.7 Å². The SMILES string of the molecule is CCCCCC1(CCCCC)O[C@@H]2[C@H](O1)[C@H]1ON(Cc3cccc(C=CCc4ccccc4O)c3)[C@@H]3C(=O)O[C@@H]2C[C@]13C(=O)NCc1cccc(C(=O)N[C@H](CO)CCC(=O)OC(C)(C)C)c1. The summed E-state index contributed by atoms with van der Waals surface area (Å²) in [6, 6.07) is 20.1. The van der Waals surface area contributed by atoms with Crippen LogP contribution in [0.25, 0.3) is 6.08 Å². The van der Waals surface area contributed by atoms with Gasteiger partial charge >= 0.3 is 11.9 Å². The van der Waals surface area contributed by atoms with Crippen molar-refractivity contribution in [3.63, 3.8) is 0 Å². The zero-order chi connectivity index (χ0) is 47.8. The normalized spacial score (nSPS) is 24.5. The van der Waals surface area contributed by atoms with E-state index in [4.69, 9.17) is 23.8 Å². The van der Waals surface area contributed by atoms with Crippen LogP contribution in [0, 0.1) is 5.41 Å². The van der Waals surface area contributed by atoms with E-state index in [1.807, 2.05) is 48.6 Å². The number of benzene rings is 3. The number of aromatic hydroxyl groups is 1. The molecule has 4 fully saturated rings. The van der Waals surface area contributed by atoms with Gasteiger partial charge in [0, 0.05) is 37.8 Å². The second-order valence-corrected chi connectivity index (χ2v) is 19.6. The van der Waals surface area contributed by atoms with Gasteiger partial charge in [-0.15, -0.1) is 0 Å². The number of para-hydroxylation sites is 1. The van der Waals surface area contributed by atoms with Crippen LogP contribution in [0.2, 0.25) is 0 Å². The van der Waals surface area contributed by atoms with Crippen molar-refractivity contribution in [2.45, 2.75) is 173 Å². The van der Waals surface area contributed by atoms with E-state index in [0.717, 1.165) is 55.2 Å². The van der Waals surface area contributed by atoms with E-state index in [9.17, 15) is 24.6 Å². The summed E-state index contributed by atoms with van der Waals surface area (Å²) in [5, 5.41) is 27.8. The Balaban J connectivity index is 1.12. The smallest absolute Gasteiger partial charge is 0.327 e. The van der Waals surface area contributed by atoms with E-state index in [-0.39, 0.29) is 50.6 Å². The van der Waals surface area contributed by atoms with Gasteiger partial charge in [0.05, 0.1) is 19.2 Å². The zero-order valence-electron chi connectivity index (χ0n) is 39.7. The Morgan fingerprint density at radius 3 is 2.36 bits per heavy atom. The van der Waals surface area contributed by atoms with Gasteiger partial charge in [0.25, 0.3) is 5.91 Å². The fraction of sp³-hybridized carbons (Fsp3) is 0.547. The molecule has 0 unspecified atom stereocenters. The highest BCUT2D eigenvalue weighted by molar-refractivity contribution is 5.95. The average Bonchev–Trinajstić information content (AvgIpc) is 3.85. The number of unbranched alkanes of at least 4 members (excludes halogenated alkanes) is 4. The Kier molecular flexibility index (Phi) is 16.3. The molecule has 1 saturated carbocycles. The number of carbonyl (C=O) groups is 4. The number of allylic oxidation sites excluding steroid dienone is 1. The number of phenolic OH excluding ortho intramolecular Hbond substituents is 1. The number of aliphatic hydroxyl groups is 1. The highest BCUT2D eigenvalue weighted by Gasteiger charge is 2.76. The van der Waals surface area contributed by atoms with Gasteiger partial charge in [-0.05, 0) is 86.9 Å². The first-order chi connectivity index (χ1) is 32.2. The Labute approximate surface area is 394 Å². The van der Waals surface area contributed by atoms with Crippen molar-refractivity contribution >= 4 is 29.8 Å². The van der Waals surface area contributed by atoms with E-state index in [0.29, 0.717) is 30.4 Å². The summed E-state index contributed by atoms with van der Waals surface area (Å²) in [7, 11) is 0. The fourth-order valence-electron chi connectivity index (χ4n) is 10.0. The molecule has 3 aliphatic heterocycles. The first kappa shape index (κ1) is 49.8. The van der Waals surface area contributed by atoms with Crippen LogP contribution >= 0.6 is 0 Å². The van der Waals surface area contributed by atoms with Crippen LogP contribution in [0.1, 0.15) is 138 Å². The van der Waals surface area contributed by atoms with Crippen molar-refractivity contribution < 1.29 is 53.2 Å². The van der Waals surface area contributed by atoms with Crippen LogP contribution in [0.3, 0.4) is 0 Å². The van der Waals surface area contributed by atoms with Gasteiger partial charge in [0.2, 0.25) is 5.91 Å². The zero-order valence-corrected chi connectivity index (χ0v) is 39.7. The summed E-state index contributed by atoms with van der Waals surface area (Å²) in [5.41, 5.74) is 1.49. The van der Waals surface area contributed by atoms with Crippen molar-refractivity contribution in [3.05, 3.63) is 107 Å². The molecular weight excluding hydrogens is 855 g/mol. The Hall–Kier alpha value is -5.12. The Morgan fingerprint density at radius 1 is 0.925 bits per heavy atom. The molecule has 3 saturated heterocycles. The largest absolute Gasteiger partial charge is 0.508 e. The van der Waals surface area contributed by atoms with Crippen molar-refractivity contribution in [2.24, 2.45) is 5.41 Å². The Morgan fingerprint density at radius 2 is 1.64 bits per heavy atom. The van der Waals surface area contributed by atoms with Gasteiger partial charge in [-0.3, -0.25) is 24.0 Å². The molecule has 0 aromatic heterocycles. The predicted octanol–water partition coefficient (Wildman–Crippen LogP) is 7.62. The molecule has 3 aromatic rings. The van der Waals surface area contributed by atoms with Crippen molar-refractivity contribution in [3.8, 4) is 5.75 Å². The molecule has 2 amide bonds. The van der Waals surface area contributed by atoms with Crippen molar-refractivity contribution in [2.75, 3.05) is 6.61 Å². The topological polar surface area (TPSA) is 182 Å². The molecule has 14 nitrogen and oxygen atoms in total. The van der Waals surface area contributed by atoms with Gasteiger partial charge in [-0.2, -0.15) is 5.06 Å². The molecular formula is C53H69N3O11. The van der Waals surface area contributed by atoms with Crippen LogP contribution < -0.4 is 10.6 Å². The molecule has 7 rings (SSSR count). The summed E-state index contributed by atoms with van der Waals surface area (Å²) in [6.45, 7) is 9.50. The second-order valence-electron chi connectivity index (χ2n) is 19.6. The van der Waals surface area contributed by atoms with Crippen LogP contribution in [-0.4, -0.2) is 93.5 Å². The van der Waals surface area contributed by atoms with Crippen LogP contribution in [0.4, 0.5) is 0 Å². The highest BCUT2D eigenvalue weighted by atomic mass is 16.8. The van der Waals surface area contributed by atoms with E-state index in [2.05, 4.69) is 24.5 Å². The number of fused-ring (bicyclic) bond motifs is 4. The average molecular weight is 924 g/mol. The van der Waals surface area contributed by atoms with Crippen LogP contribution in [-0.2, 0) is 57.7 Å². The number of aliphatic hydroxyl groups excluding tert-OH is 1. The highest BCUT2D eigenvalue weighted by Crippen LogP contribution is 2.58. The minimum Gasteiger partial charge on any atom is -0.508 e. The molecule has 2 bridgehead atoms. The lowest BCUT2D eigenvalue weighted by Crippen LogP contribution is -2.69. The summed E-state index contributed by atoms with van der Waals surface area (Å²) in [5.74, 6) is -2.48. The van der Waals surface area contributed by atoms with Gasteiger partial charge in [-0.1, -0.05) is 106 Å². The number of carbonyl (C=O) groups excluding carboxylic acids is 4. The first-order valence-corrected chi connectivity index (χ1v) is 24.2. The number of hydrogen-bond acceptors (Lipinski definition) is 12. The molecule has 4 aliphatic rings. The van der Waals surface area contributed by atoms with E-state index < -0.39 is 71.1 Å². The fourth-order valence-corrected chi connectivity index (χ4v) is 10.0. The standard InChI is InChI=1S/C53H69N3O11/c1-6-8-12-27-52(28-13-9-7-2)65-44-42-31-53(50(62)54-32-36-19-16-23-39(30-36)48(60)55-40(34-57)25-26-43(59)64-51(3,4)5)46(49(61)63-42)56(67-47(53)45(44)66-52)33-37-20-14-17-35(29-37)18-15-22-38-21-10-11-24-41(38)58/h10-11,14-21,23-24,29-30,40,42,44-47,57-58H,6-9,12-13,22,25-28,31-34H2,1-5H3,(H,54,62)(H,55,60)/t40-,42+,44-,45-,46+,47+,53+/m0/s1. The minimum atomic E-state index is -1.40. The third kappa shape index (κ3) is 11.8. The quantitative estimate of drug-likeness (QED) is 0.0573. The summed E-state index contributed by atoms with van der Waals surface area (Å²) in [6.07, 6.45) is 9.21. The van der Waals surface area contributed by atoms with Gasteiger partial charge < -0.3 is 39.8 Å². The number of nitrogens with zero attached hydrogens (tertiary/aromatic N) is 1. The van der Waals surface area contributed by atoms with Crippen LogP contribution in [0.15, 0.2) is 78.9 Å². The lowest BCUT2D eigenvalue weighted by Gasteiger charge is -2.48. The molecule has 7 atom stereocenters. The molecule has 0 spiro atoms. The van der Waals surface area contributed by atoms with E-state index in [1.54, 1.807) is 62.2 Å². The molecule has 3 heterocycles. The number of ether oxygens (including phenoxy) is 4. The molecule has 0 radical (unpaired) electrons. The summed E-state index contributed by atoms with van der Waals surface area (Å²) in [4.78, 5) is 62.1. The van der Waals surface area contributed by atoms with Gasteiger partial charge in [-0.25, -0.2) is 0 Å². The summed E-state index contributed by atoms with van der Waals surface area (Å²) >= 11 is 0. The number of phenols is 1. The molecule has 362 valence electrons. The number of hydroxylamine groups is 2. The minimum absolute atomic E-state index is 0.0251. The number of amides is 2. The maximum absolute atomic E-state index is 15.1.